The Bertz CT molecular complexity index is 9150. The summed E-state index contributed by atoms with van der Waals surface area (Å²) in [6.45, 7) is 19.1. The van der Waals surface area contributed by atoms with Gasteiger partial charge in [-0.3, -0.25) is 9.59 Å². The summed E-state index contributed by atoms with van der Waals surface area (Å²) in [5, 5.41) is 64.6. The van der Waals surface area contributed by atoms with Gasteiger partial charge in [-0.2, -0.15) is 57.7 Å². The lowest BCUT2D eigenvalue weighted by Gasteiger charge is -2.13. The number of carbonyl (C=O) groups is 1. The number of pyridine rings is 1. The van der Waals surface area contributed by atoms with Crippen molar-refractivity contribution in [3.63, 3.8) is 0 Å². The van der Waals surface area contributed by atoms with E-state index in [0.717, 1.165) is 116 Å². The first kappa shape index (κ1) is 96.3. The van der Waals surface area contributed by atoms with Crippen LogP contribution in [-0.4, -0.2) is 155 Å². The largest absolute Gasteiger partial charge is 0.573 e. The van der Waals surface area contributed by atoms with Crippen LogP contribution in [0.25, 0.3) is 96.2 Å². The molecule has 1 amide bonds. The van der Waals surface area contributed by atoms with Gasteiger partial charge in [0.15, 0.2) is 28.2 Å². The highest BCUT2D eigenvalue weighted by Crippen LogP contribution is 2.37. The molecule has 1 saturated heterocycles. The molecule has 4 aromatic carbocycles. The van der Waals surface area contributed by atoms with Gasteiger partial charge in [0, 0.05) is 158 Å². The molecule has 5 saturated carbocycles. The Hall–Kier alpha value is -18.9. The average Bonchev–Trinajstić information content (AvgIpc) is 1.65. The number of nitrogens with zero attached hydrogens (tertiary/aromatic N) is 17. The molecule has 0 unspecified atom stereocenters. The Balaban J connectivity index is 0.000000109. The van der Waals surface area contributed by atoms with Crippen LogP contribution in [0.5, 0.6) is 5.75 Å². The fourth-order valence-corrected chi connectivity index (χ4v) is 17.1. The number of imidazole rings is 3. The second-order valence-corrected chi connectivity index (χ2v) is 37.6. The van der Waals surface area contributed by atoms with Crippen molar-refractivity contribution in [2.24, 2.45) is 0 Å². The molecule has 6 aliphatic rings. The van der Waals surface area contributed by atoms with Crippen LogP contribution in [0.3, 0.4) is 0 Å². The molecule has 0 spiro atoms. The Morgan fingerprint density at radius 1 is 0.470 bits per heavy atom. The molecule has 6 fully saturated rings. The first-order valence-corrected chi connectivity index (χ1v) is 48.3. The van der Waals surface area contributed by atoms with Crippen molar-refractivity contribution >= 4 is 177 Å². The number of nitrogens with one attached hydrogen (secondary N) is 16. The van der Waals surface area contributed by atoms with Crippen LogP contribution in [-0.2, 0) is 11.2 Å². The molecule has 25 rings (SSSR count). The summed E-state index contributed by atoms with van der Waals surface area (Å²) in [5.74, 6) is 4.21. The number of H-pyrrole nitrogens is 7. The number of alkyl halides is 3. The Labute approximate surface area is 845 Å². The molecule has 16 N–H and O–H groups in total. The number of aromatic amines is 7. The SMILES string of the molecule is C=C1C/C(=C\c2cnn3c(NC4CC4)cc(Cc4cccc(C#N)c4)nc23)C(=O)N1.C=c1[nH]c(=O)/c(=C/c2cnn3c(NC4CC4)cc(-c4ccnc(F)c4)nc23)s1.C=c1[nH]c(=O)[nH]/c1=C\c1cnn2c(NC3CC3)cc(Nc3cccc(Cl)c3)nc12.C=c1[nH]c(=O)[nH]/c1=C\c1cnn2c(NC3CC3)cc(Nc3cccc(F)c3)nc12.C=c1[nH]c(=O)[nH]/c1=C\c1cnn2c(NC3CC3)cc(Nc3cccc(OC(F)(F)F)c3)nc12. The van der Waals surface area contributed by atoms with Gasteiger partial charge in [0.05, 0.1) is 95.3 Å². The van der Waals surface area contributed by atoms with Gasteiger partial charge in [0.2, 0.25) is 5.95 Å². The number of hydrogen-bond acceptors (Lipinski definition) is 27. The summed E-state index contributed by atoms with van der Waals surface area (Å²) >= 11 is 7.38. The molecule has 19 aromatic rings. The van der Waals surface area contributed by atoms with Crippen molar-refractivity contribution in [2.45, 2.75) is 114 Å². The minimum Gasteiger partial charge on any atom is -0.406 e. The highest BCUT2D eigenvalue weighted by atomic mass is 35.5. The summed E-state index contributed by atoms with van der Waals surface area (Å²) in [6, 6.07) is 43.3. The van der Waals surface area contributed by atoms with Gasteiger partial charge >= 0.3 is 23.4 Å². The highest BCUT2D eigenvalue weighted by molar-refractivity contribution is 7.07. The van der Waals surface area contributed by atoms with Crippen molar-refractivity contribution < 1.29 is 31.5 Å². The molecule has 750 valence electrons. The lowest BCUT2D eigenvalue weighted by Crippen LogP contribution is -2.22. The zero-order valence-electron chi connectivity index (χ0n) is 78.8. The number of aromatic nitrogens is 23. The van der Waals surface area contributed by atoms with Crippen molar-refractivity contribution in [1.82, 2.24) is 118 Å². The quantitative estimate of drug-likeness (QED) is 0.0144. The van der Waals surface area contributed by atoms with E-state index in [2.05, 4.69) is 172 Å². The lowest BCUT2D eigenvalue weighted by molar-refractivity contribution is -0.274. The maximum absolute atomic E-state index is 13.6. The van der Waals surface area contributed by atoms with Crippen LogP contribution >= 0.6 is 22.9 Å². The van der Waals surface area contributed by atoms with Crippen molar-refractivity contribution in [1.29, 1.82) is 5.26 Å². The van der Waals surface area contributed by atoms with Gasteiger partial charge in [-0.15, -0.1) is 24.5 Å². The molecule has 0 atom stereocenters. The summed E-state index contributed by atoms with van der Waals surface area (Å²) in [5.41, 5.74) is 12.3. The maximum atomic E-state index is 13.6. The van der Waals surface area contributed by atoms with Gasteiger partial charge < -0.3 is 87.5 Å². The van der Waals surface area contributed by atoms with Gasteiger partial charge in [0.25, 0.3) is 11.5 Å². The second kappa shape index (κ2) is 40.7. The van der Waals surface area contributed by atoms with Gasteiger partial charge in [-0.25, -0.2) is 48.7 Å². The van der Waals surface area contributed by atoms with Gasteiger partial charge in [-0.1, -0.05) is 74.8 Å². The number of halogens is 6. The molecular weight excluding hydrogens is 1960 g/mol. The highest BCUT2D eigenvalue weighted by Gasteiger charge is 2.33. The van der Waals surface area contributed by atoms with E-state index in [0.29, 0.717) is 197 Å². The van der Waals surface area contributed by atoms with Crippen molar-refractivity contribution in [2.75, 3.05) is 42.5 Å². The number of allylic oxidation sites excluding steroid dienone is 1. The van der Waals surface area contributed by atoms with E-state index >= 15 is 0 Å². The topological polar surface area (TPSA) is 501 Å². The predicted octanol–water partition coefficient (Wildman–Crippen LogP) is 10.3. The number of amides is 1. The molecule has 16 heterocycles. The zero-order valence-corrected chi connectivity index (χ0v) is 80.3. The third-order valence-electron chi connectivity index (χ3n) is 23.9. The molecule has 46 heteroatoms. The maximum Gasteiger partial charge on any atom is 0.573 e. The standard InChI is InChI=1S/C23H20N6O.C21H18F3N7O2.C20H18ClN7O.C20H18FN7O.C19H15FN6OS/c1-14-7-17(23(30)26-14)10-18-13-25-29-21(27-19-5-6-19)11-20(28-22(18)29)9-15-3-2-4-16(8-15)12-24;1-11-16(29-20(32)26-11)7-12-10-25-31-18(28-13-5-6-13)9-17(30-19(12)31)27-14-3-2-4-15(8-14)33-21(22,23)24;2*1-11-16(26-20(29)23-11)7-12-10-22-28-18(25-14-5-6-14)9-17(27-19(12)28)24-15-4-2-3-13(21)8-15;1-10-23-19(27)15(28-10)6-12-9-22-26-17(24-13-2-3-13)8-14(25-18(12)26)11-4-5-21-16(20)7-11/h2-4,8,10-11,13,19,27H,1,5-7,9H2,(H,26,30);2-4,7-10,13,28H,1,5-6H2,(H,27,30)(H2,26,29,32);2*2-4,7-10,14,25H,1,5-6H2,(H,24,27)(H2,23,26,29);4-9,13,24H,1-3H2,(H,23,27)/b17-10+;3*16-7-;15-6-. The van der Waals surface area contributed by atoms with Gasteiger partial charge in [0.1, 0.15) is 58.1 Å². The van der Waals surface area contributed by atoms with Gasteiger partial charge in [-0.05, 0) is 167 Å². The summed E-state index contributed by atoms with van der Waals surface area (Å²) in [4.78, 5) is 104. The van der Waals surface area contributed by atoms with E-state index in [1.165, 1.54) is 53.9 Å². The fraction of sp³-hybridized carbons (Fsp3) is 0.175. The number of nitriles is 1. The molecule has 15 aromatic heterocycles. The number of hydrogen-bond donors (Lipinski definition) is 16. The molecular formula is C103H89ClF5N33O6S. The van der Waals surface area contributed by atoms with E-state index in [9.17, 15) is 51.2 Å². The molecule has 0 bridgehead atoms. The van der Waals surface area contributed by atoms with Crippen LogP contribution < -0.4 is 117 Å². The summed E-state index contributed by atoms with van der Waals surface area (Å²) < 4.78 is 78.6. The van der Waals surface area contributed by atoms with Crippen LogP contribution in [0.15, 0.2) is 214 Å². The third kappa shape index (κ3) is 23.5. The van der Waals surface area contributed by atoms with E-state index < -0.39 is 12.3 Å². The summed E-state index contributed by atoms with van der Waals surface area (Å²) in [6.07, 6.45) is 26.0. The van der Waals surface area contributed by atoms with Crippen LogP contribution in [0.4, 0.5) is 85.6 Å². The first-order valence-electron chi connectivity index (χ1n) is 47.1. The number of anilines is 11. The minimum absolute atomic E-state index is 0.125. The fourth-order valence-electron chi connectivity index (χ4n) is 16.1. The lowest BCUT2D eigenvalue weighted by atomic mass is 10.1. The first-order chi connectivity index (χ1) is 72.0. The normalized spacial score (nSPS) is 15.1. The number of fused-ring (bicyclic) bond motifs is 5. The van der Waals surface area contributed by atoms with Crippen molar-refractivity contribution in [3.05, 3.63) is 339 Å². The van der Waals surface area contributed by atoms with E-state index in [-0.39, 0.29) is 40.1 Å². The van der Waals surface area contributed by atoms with Crippen LogP contribution in [0.1, 0.15) is 115 Å². The molecule has 5 aliphatic carbocycles. The number of ether oxygens (including phenoxy) is 1. The third-order valence-corrected chi connectivity index (χ3v) is 25.0. The Morgan fingerprint density at radius 2 is 0.899 bits per heavy atom. The summed E-state index contributed by atoms with van der Waals surface area (Å²) in [7, 11) is 0. The van der Waals surface area contributed by atoms with E-state index in [1.807, 2.05) is 72.8 Å². The number of thiazole rings is 1. The average molecular weight is 2050 g/mol. The van der Waals surface area contributed by atoms with Crippen LogP contribution in [0.2, 0.25) is 5.02 Å². The van der Waals surface area contributed by atoms with E-state index in [4.69, 9.17) is 21.6 Å². The predicted molar refractivity (Wildman–Crippen MR) is 559 cm³/mol. The minimum atomic E-state index is -4.79. The monoisotopic (exact) mass is 2050 g/mol. The Kier molecular flexibility index (Phi) is 26.3. The number of benzene rings is 4. The van der Waals surface area contributed by atoms with Crippen molar-refractivity contribution in [3.8, 4) is 23.1 Å². The zero-order chi connectivity index (χ0) is 103. The van der Waals surface area contributed by atoms with E-state index in [1.54, 1.807) is 114 Å². The second-order valence-electron chi connectivity index (χ2n) is 36.1. The van der Waals surface area contributed by atoms with Crippen LogP contribution in [0, 0.1) is 23.1 Å². The number of carbonyl (C=O) groups excluding carboxylic acids is 1. The molecule has 149 heavy (non-hydrogen) atoms. The Morgan fingerprint density at radius 3 is 1.32 bits per heavy atom. The molecule has 0 radical (unpaired) electrons. The smallest absolute Gasteiger partial charge is 0.406 e. The molecule has 39 nitrogen and oxygen atoms in total. The molecule has 1 aliphatic heterocycles. The number of rotatable bonds is 25.